The Balaban J connectivity index is 1.68. The summed E-state index contributed by atoms with van der Waals surface area (Å²) in [5.41, 5.74) is 2.08. The minimum Gasteiger partial charge on any atom is -0.495 e. The molecular formula is C21H21ClN2O6. The number of carbonyl (C=O) groups excluding carboxylic acids is 2. The summed E-state index contributed by atoms with van der Waals surface area (Å²) in [5.74, 6) is 0.291. The first-order valence-electron chi connectivity index (χ1n) is 8.92. The van der Waals surface area contributed by atoms with Crippen LogP contribution in [0.1, 0.15) is 16.1 Å². The summed E-state index contributed by atoms with van der Waals surface area (Å²) in [6, 6.07) is 8.35. The van der Waals surface area contributed by atoms with Gasteiger partial charge in [-0.1, -0.05) is 11.6 Å². The molecule has 0 unspecified atom stereocenters. The molecule has 8 nitrogen and oxygen atoms in total. The van der Waals surface area contributed by atoms with E-state index in [0.29, 0.717) is 33.5 Å². The maximum Gasteiger partial charge on any atom is 0.355 e. The second-order valence-electron chi connectivity index (χ2n) is 6.40. The number of rotatable bonds is 7. The lowest BCUT2D eigenvalue weighted by Crippen LogP contribution is -2.21. The third kappa shape index (κ3) is 4.44. The minimum absolute atomic E-state index is 0.202. The zero-order chi connectivity index (χ0) is 21.8. The second kappa shape index (κ2) is 8.96. The SMILES string of the molecule is COc1cc(Cl)c(C)cc1NC(=O)COC(=O)c1cc2cc(OC)c(OC)cc2[nH]1. The quantitative estimate of drug-likeness (QED) is 0.548. The molecule has 0 aliphatic rings. The smallest absolute Gasteiger partial charge is 0.355 e. The van der Waals surface area contributed by atoms with Crippen molar-refractivity contribution in [3.05, 3.63) is 46.6 Å². The monoisotopic (exact) mass is 432 g/mol. The molecule has 2 aromatic carbocycles. The molecule has 3 rings (SSSR count). The van der Waals surface area contributed by atoms with Crippen molar-refractivity contribution in [2.75, 3.05) is 33.3 Å². The van der Waals surface area contributed by atoms with Gasteiger partial charge in [0.25, 0.3) is 5.91 Å². The van der Waals surface area contributed by atoms with Gasteiger partial charge in [-0.25, -0.2) is 4.79 Å². The molecule has 3 aromatic rings. The molecule has 1 heterocycles. The average Bonchev–Trinajstić information content (AvgIpc) is 3.16. The number of aromatic nitrogens is 1. The van der Waals surface area contributed by atoms with Crippen molar-refractivity contribution in [2.45, 2.75) is 6.92 Å². The van der Waals surface area contributed by atoms with Gasteiger partial charge in [-0.05, 0) is 30.7 Å². The maximum absolute atomic E-state index is 12.4. The highest BCUT2D eigenvalue weighted by Crippen LogP contribution is 2.33. The first kappa shape index (κ1) is 21.3. The Morgan fingerprint density at radius 3 is 2.30 bits per heavy atom. The van der Waals surface area contributed by atoms with E-state index in [9.17, 15) is 9.59 Å². The Morgan fingerprint density at radius 1 is 0.967 bits per heavy atom. The van der Waals surface area contributed by atoms with Crippen LogP contribution in [0.5, 0.6) is 17.2 Å². The number of hydrogen-bond donors (Lipinski definition) is 2. The van der Waals surface area contributed by atoms with Crippen LogP contribution in [-0.2, 0) is 9.53 Å². The van der Waals surface area contributed by atoms with Gasteiger partial charge in [0.1, 0.15) is 11.4 Å². The Labute approximate surface area is 178 Å². The number of anilines is 1. The normalized spacial score (nSPS) is 10.6. The number of benzene rings is 2. The van der Waals surface area contributed by atoms with Crippen LogP contribution in [0.25, 0.3) is 10.9 Å². The third-order valence-electron chi connectivity index (χ3n) is 4.43. The standard InChI is InChI=1S/C21H21ClN2O6/c1-11-5-15(17(27-2)8-13(11)22)24-20(25)10-30-21(26)16-6-12-7-18(28-3)19(29-4)9-14(12)23-16/h5-9,23H,10H2,1-4H3,(H,24,25). The van der Waals surface area contributed by atoms with E-state index in [0.717, 1.165) is 10.9 Å². The van der Waals surface area contributed by atoms with Gasteiger partial charge in [0.15, 0.2) is 18.1 Å². The van der Waals surface area contributed by atoms with Crippen molar-refractivity contribution in [3.63, 3.8) is 0 Å². The van der Waals surface area contributed by atoms with E-state index in [4.69, 9.17) is 30.5 Å². The van der Waals surface area contributed by atoms with E-state index < -0.39 is 18.5 Å². The van der Waals surface area contributed by atoms with Gasteiger partial charge >= 0.3 is 5.97 Å². The number of fused-ring (bicyclic) bond motifs is 1. The van der Waals surface area contributed by atoms with E-state index in [1.165, 1.54) is 21.3 Å². The van der Waals surface area contributed by atoms with E-state index in [1.807, 2.05) is 0 Å². The largest absolute Gasteiger partial charge is 0.495 e. The summed E-state index contributed by atoms with van der Waals surface area (Å²) >= 11 is 6.06. The van der Waals surface area contributed by atoms with Crippen LogP contribution in [0.2, 0.25) is 5.02 Å². The number of carbonyl (C=O) groups is 2. The molecule has 1 amide bonds. The van der Waals surface area contributed by atoms with Crippen molar-refractivity contribution in [1.29, 1.82) is 0 Å². The summed E-state index contributed by atoms with van der Waals surface area (Å²) in [4.78, 5) is 27.5. The first-order valence-corrected chi connectivity index (χ1v) is 9.30. The number of nitrogens with one attached hydrogen (secondary N) is 2. The first-order chi connectivity index (χ1) is 14.4. The van der Waals surface area contributed by atoms with Crippen LogP contribution < -0.4 is 19.5 Å². The Morgan fingerprint density at radius 2 is 1.63 bits per heavy atom. The molecule has 9 heteroatoms. The Hall–Kier alpha value is -3.39. The summed E-state index contributed by atoms with van der Waals surface area (Å²) in [7, 11) is 4.52. The fraction of sp³-hybridized carbons (Fsp3) is 0.238. The minimum atomic E-state index is -0.668. The number of ether oxygens (including phenoxy) is 4. The van der Waals surface area contributed by atoms with E-state index in [-0.39, 0.29) is 5.69 Å². The summed E-state index contributed by atoms with van der Waals surface area (Å²) in [6.07, 6.45) is 0. The van der Waals surface area contributed by atoms with Crippen LogP contribution in [0, 0.1) is 6.92 Å². The zero-order valence-electron chi connectivity index (χ0n) is 16.9. The van der Waals surface area contributed by atoms with Crippen LogP contribution in [0.15, 0.2) is 30.3 Å². The van der Waals surface area contributed by atoms with Crippen molar-refractivity contribution in [3.8, 4) is 17.2 Å². The summed E-state index contributed by atoms with van der Waals surface area (Å²) in [5, 5.41) is 3.91. The van der Waals surface area contributed by atoms with Gasteiger partial charge < -0.3 is 29.2 Å². The number of methoxy groups -OCH3 is 3. The highest BCUT2D eigenvalue weighted by atomic mass is 35.5. The van der Waals surface area contributed by atoms with Crippen molar-refractivity contribution < 1.29 is 28.5 Å². The van der Waals surface area contributed by atoms with Gasteiger partial charge in [-0.3, -0.25) is 4.79 Å². The average molecular weight is 433 g/mol. The van der Waals surface area contributed by atoms with Gasteiger partial charge in [0, 0.05) is 22.5 Å². The number of hydrogen-bond acceptors (Lipinski definition) is 6. The molecule has 0 spiro atoms. The molecule has 0 fully saturated rings. The van der Waals surface area contributed by atoms with Gasteiger partial charge in [-0.2, -0.15) is 0 Å². The number of amides is 1. The van der Waals surface area contributed by atoms with Crippen molar-refractivity contribution >= 4 is 40.1 Å². The third-order valence-corrected chi connectivity index (χ3v) is 4.84. The lowest BCUT2D eigenvalue weighted by Gasteiger charge is -2.12. The predicted molar refractivity (Wildman–Crippen MR) is 113 cm³/mol. The van der Waals surface area contributed by atoms with Crippen LogP contribution >= 0.6 is 11.6 Å². The van der Waals surface area contributed by atoms with E-state index in [2.05, 4.69) is 10.3 Å². The maximum atomic E-state index is 12.4. The van der Waals surface area contributed by atoms with E-state index >= 15 is 0 Å². The Bertz CT molecular complexity index is 1070. The molecular weight excluding hydrogens is 412 g/mol. The molecule has 158 valence electrons. The molecule has 0 radical (unpaired) electrons. The molecule has 30 heavy (non-hydrogen) atoms. The molecule has 0 aliphatic carbocycles. The number of aryl methyl sites for hydroxylation is 1. The zero-order valence-corrected chi connectivity index (χ0v) is 17.7. The number of aromatic amines is 1. The molecule has 1 aromatic heterocycles. The topological polar surface area (TPSA) is 98.9 Å². The van der Waals surface area contributed by atoms with Crippen LogP contribution in [-0.4, -0.2) is 44.8 Å². The summed E-state index contributed by atoms with van der Waals surface area (Å²) < 4.78 is 20.8. The lowest BCUT2D eigenvalue weighted by atomic mass is 10.2. The van der Waals surface area contributed by atoms with Crippen molar-refractivity contribution in [2.24, 2.45) is 0 Å². The summed E-state index contributed by atoms with van der Waals surface area (Å²) in [6.45, 7) is 1.34. The molecule has 0 saturated heterocycles. The second-order valence-corrected chi connectivity index (χ2v) is 6.81. The van der Waals surface area contributed by atoms with Crippen LogP contribution in [0.4, 0.5) is 5.69 Å². The van der Waals surface area contributed by atoms with Crippen molar-refractivity contribution in [1.82, 2.24) is 4.98 Å². The van der Waals surface area contributed by atoms with Gasteiger partial charge in [-0.15, -0.1) is 0 Å². The highest BCUT2D eigenvalue weighted by molar-refractivity contribution is 6.31. The van der Waals surface area contributed by atoms with Gasteiger partial charge in [0.05, 0.1) is 32.5 Å². The molecule has 0 bridgehead atoms. The lowest BCUT2D eigenvalue weighted by molar-refractivity contribution is -0.119. The molecule has 0 atom stereocenters. The Kier molecular flexibility index (Phi) is 6.37. The van der Waals surface area contributed by atoms with E-state index in [1.54, 1.807) is 37.3 Å². The fourth-order valence-electron chi connectivity index (χ4n) is 2.89. The molecule has 0 saturated carbocycles. The fourth-order valence-corrected chi connectivity index (χ4v) is 3.05. The molecule has 0 aliphatic heterocycles. The number of H-pyrrole nitrogens is 1. The van der Waals surface area contributed by atoms with Gasteiger partial charge in [0.2, 0.25) is 0 Å². The number of halogens is 1. The predicted octanol–water partition coefficient (Wildman–Crippen LogP) is 3.95. The molecule has 2 N–H and O–H groups in total. The highest BCUT2D eigenvalue weighted by Gasteiger charge is 2.16. The van der Waals surface area contributed by atoms with Crippen LogP contribution in [0.3, 0.4) is 0 Å². The number of esters is 1.